The maximum absolute atomic E-state index is 12.0. The van der Waals surface area contributed by atoms with E-state index < -0.39 is 6.36 Å². The average molecular weight is 289 g/mol. The van der Waals surface area contributed by atoms with Gasteiger partial charge in [-0.3, -0.25) is 0 Å². The van der Waals surface area contributed by atoms with Gasteiger partial charge in [0.2, 0.25) is 0 Å². The highest BCUT2D eigenvalue weighted by atomic mass is 19.4. The molecule has 1 saturated carbocycles. The van der Waals surface area contributed by atoms with Crippen molar-refractivity contribution < 1.29 is 22.6 Å². The first-order valence-corrected chi connectivity index (χ1v) is 6.66. The molecule has 1 fully saturated rings. The Kier molecular flexibility index (Phi) is 4.75. The van der Waals surface area contributed by atoms with Crippen LogP contribution in [0, 0.1) is 5.92 Å². The fourth-order valence-corrected chi connectivity index (χ4v) is 2.31. The van der Waals surface area contributed by atoms with Crippen LogP contribution in [0.5, 0.6) is 11.5 Å². The molecule has 0 amide bonds. The molecule has 6 heteroatoms. The first-order chi connectivity index (χ1) is 9.42. The van der Waals surface area contributed by atoms with E-state index in [1.54, 1.807) is 0 Å². The lowest BCUT2D eigenvalue weighted by Gasteiger charge is -2.25. The van der Waals surface area contributed by atoms with E-state index in [0.717, 1.165) is 25.7 Å². The second-order valence-electron chi connectivity index (χ2n) is 5.11. The fraction of sp³-hybridized carbons (Fsp3) is 0.571. The van der Waals surface area contributed by atoms with Gasteiger partial charge in [-0.25, -0.2) is 0 Å². The molecule has 20 heavy (non-hydrogen) atoms. The van der Waals surface area contributed by atoms with Gasteiger partial charge in [-0.05, 0) is 55.9 Å². The van der Waals surface area contributed by atoms with Crippen LogP contribution in [0.2, 0.25) is 0 Å². The van der Waals surface area contributed by atoms with E-state index in [4.69, 9.17) is 10.5 Å². The van der Waals surface area contributed by atoms with Gasteiger partial charge in [-0.15, -0.1) is 13.2 Å². The average Bonchev–Trinajstić information content (AvgIpc) is 2.38. The fourth-order valence-electron chi connectivity index (χ4n) is 2.31. The number of hydrogen-bond donors (Lipinski definition) is 1. The molecule has 1 aromatic rings. The maximum Gasteiger partial charge on any atom is 0.573 e. The lowest BCUT2D eigenvalue weighted by atomic mass is 9.87. The van der Waals surface area contributed by atoms with E-state index in [1.165, 1.54) is 24.3 Å². The van der Waals surface area contributed by atoms with E-state index in [1.807, 2.05) is 0 Å². The summed E-state index contributed by atoms with van der Waals surface area (Å²) in [7, 11) is 0. The number of nitrogens with two attached hydrogens (primary N) is 1. The van der Waals surface area contributed by atoms with Crippen molar-refractivity contribution in [2.75, 3.05) is 6.61 Å². The van der Waals surface area contributed by atoms with Crippen molar-refractivity contribution in [2.45, 2.75) is 38.1 Å². The van der Waals surface area contributed by atoms with Crippen molar-refractivity contribution in [1.29, 1.82) is 0 Å². The smallest absolute Gasteiger partial charge is 0.493 e. The van der Waals surface area contributed by atoms with Gasteiger partial charge in [0.15, 0.2) is 0 Å². The van der Waals surface area contributed by atoms with Crippen molar-refractivity contribution in [3.05, 3.63) is 24.3 Å². The van der Waals surface area contributed by atoms with E-state index in [2.05, 4.69) is 4.74 Å². The van der Waals surface area contributed by atoms with Crippen molar-refractivity contribution in [1.82, 2.24) is 0 Å². The summed E-state index contributed by atoms with van der Waals surface area (Å²) in [5.74, 6) is 0.781. The molecule has 0 bridgehead atoms. The van der Waals surface area contributed by atoms with Crippen LogP contribution in [-0.4, -0.2) is 19.0 Å². The van der Waals surface area contributed by atoms with Crippen LogP contribution in [0.1, 0.15) is 25.7 Å². The summed E-state index contributed by atoms with van der Waals surface area (Å²) in [5, 5.41) is 0. The zero-order valence-electron chi connectivity index (χ0n) is 11.0. The minimum absolute atomic E-state index is 0.242. The highest BCUT2D eigenvalue weighted by molar-refractivity contribution is 5.31. The molecule has 0 radical (unpaired) electrons. The van der Waals surface area contributed by atoms with Gasteiger partial charge in [0.05, 0.1) is 6.61 Å². The van der Waals surface area contributed by atoms with Gasteiger partial charge < -0.3 is 15.2 Å². The molecule has 3 nitrogen and oxygen atoms in total. The van der Waals surface area contributed by atoms with Gasteiger partial charge in [0.25, 0.3) is 0 Å². The van der Waals surface area contributed by atoms with E-state index in [-0.39, 0.29) is 5.75 Å². The largest absolute Gasteiger partial charge is 0.573 e. The first kappa shape index (κ1) is 15.0. The molecule has 0 aliphatic heterocycles. The molecule has 0 unspecified atom stereocenters. The maximum atomic E-state index is 12.0. The van der Waals surface area contributed by atoms with Crippen molar-refractivity contribution in [3.8, 4) is 11.5 Å². The molecular weight excluding hydrogens is 271 g/mol. The first-order valence-electron chi connectivity index (χ1n) is 6.66. The SMILES string of the molecule is NC1CCC(COc2ccc(OC(F)(F)F)cc2)CC1. The topological polar surface area (TPSA) is 44.5 Å². The number of rotatable bonds is 4. The molecule has 2 rings (SSSR count). The predicted molar refractivity (Wildman–Crippen MR) is 68.6 cm³/mol. The van der Waals surface area contributed by atoms with Crippen molar-refractivity contribution in [2.24, 2.45) is 11.7 Å². The Morgan fingerprint density at radius 3 is 2.10 bits per heavy atom. The van der Waals surface area contributed by atoms with Crippen LogP contribution >= 0.6 is 0 Å². The van der Waals surface area contributed by atoms with Crippen LogP contribution < -0.4 is 15.2 Å². The second-order valence-corrected chi connectivity index (χ2v) is 5.11. The summed E-state index contributed by atoms with van der Waals surface area (Å²) in [4.78, 5) is 0. The summed E-state index contributed by atoms with van der Waals surface area (Å²) in [6, 6.07) is 5.76. The molecular formula is C14H18F3NO2. The number of benzene rings is 1. The number of alkyl halides is 3. The third-order valence-electron chi connectivity index (χ3n) is 3.43. The Labute approximate surface area is 115 Å². The Morgan fingerprint density at radius 2 is 1.55 bits per heavy atom. The van der Waals surface area contributed by atoms with Crippen LogP contribution in [-0.2, 0) is 0 Å². The molecule has 0 atom stereocenters. The highest BCUT2D eigenvalue weighted by Crippen LogP contribution is 2.27. The minimum atomic E-state index is -4.66. The number of halogens is 3. The molecule has 2 N–H and O–H groups in total. The zero-order valence-corrected chi connectivity index (χ0v) is 11.0. The standard InChI is InChI=1S/C14H18F3NO2/c15-14(16,17)20-13-7-5-12(6-8-13)19-9-10-1-3-11(18)4-2-10/h5-8,10-11H,1-4,9,18H2. The molecule has 0 aromatic heterocycles. The monoisotopic (exact) mass is 289 g/mol. The number of ether oxygens (including phenoxy) is 2. The van der Waals surface area contributed by atoms with Crippen LogP contribution in [0.4, 0.5) is 13.2 Å². The van der Waals surface area contributed by atoms with E-state index >= 15 is 0 Å². The normalized spacial score (nSPS) is 23.4. The highest BCUT2D eigenvalue weighted by Gasteiger charge is 2.31. The van der Waals surface area contributed by atoms with Crippen molar-refractivity contribution >= 4 is 0 Å². The summed E-state index contributed by atoms with van der Waals surface area (Å²) in [6.07, 6.45) is -0.575. The van der Waals surface area contributed by atoms with Crippen LogP contribution in [0.3, 0.4) is 0 Å². The molecule has 112 valence electrons. The quantitative estimate of drug-likeness (QED) is 0.923. The molecule has 0 saturated heterocycles. The Bertz CT molecular complexity index is 411. The Hall–Kier alpha value is -1.43. The molecule has 0 spiro atoms. The number of hydrogen-bond acceptors (Lipinski definition) is 3. The van der Waals surface area contributed by atoms with Crippen molar-refractivity contribution in [3.63, 3.8) is 0 Å². The lowest BCUT2D eigenvalue weighted by molar-refractivity contribution is -0.274. The van der Waals surface area contributed by atoms with E-state index in [0.29, 0.717) is 24.3 Å². The molecule has 1 aliphatic rings. The molecule has 1 aromatic carbocycles. The lowest BCUT2D eigenvalue weighted by Crippen LogP contribution is -2.28. The third kappa shape index (κ3) is 4.92. The van der Waals surface area contributed by atoms with Gasteiger partial charge >= 0.3 is 6.36 Å². The Balaban J connectivity index is 1.79. The predicted octanol–water partition coefficient (Wildman–Crippen LogP) is 3.48. The summed E-state index contributed by atoms with van der Waals surface area (Å²) >= 11 is 0. The third-order valence-corrected chi connectivity index (χ3v) is 3.43. The minimum Gasteiger partial charge on any atom is -0.493 e. The van der Waals surface area contributed by atoms with Gasteiger partial charge in [-0.1, -0.05) is 0 Å². The van der Waals surface area contributed by atoms with Gasteiger partial charge in [-0.2, -0.15) is 0 Å². The van der Waals surface area contributed by atoms with Gasteiger partial charge in [0, 0.05) is 6.04 Å². The molecule has 1 aliphatic carbocycles. The van der Waals surface area contributed by atoms with E-state index in [9.17, 15) is 13.2 Å². The van der Waals surface area contributed by atoms with Crippen LogP contribution in [0.25, 0.3) is 0 Å². The second kappa shape index (κ2) is 6.35. The molecule has 0 heterocycles. The van der Waals surface area contributed by atoms with Crippen LogP contribution in [0.15, 0.2) is 24.3 Å². The zero-order chi connectivity index (χ0) is 14.6. The summed E-state index contributed by atoms with van der Waals surface area (Å²) < 4.78 is 45.4. The summed E-state index contributed by atoms with van der Waals surface area (Å²) in [5.41, 5.74) is 5.82. The van der Waals surface area contributed by atoms with Gasteiger partial charge in [0.1, 0.15) is 11.5 Å². The Morgan fingerprint density at radius 1 is 1.00 bits per heavy atom. The summed E-state index contributed by atoms with van der Waals surface area (Å²) in [6.45, 7) is 0.576.